The number of aromatic nitrogens is 2. The van der Waals surface area contributed by atoms with Gasteiger partial charge in [0.05, 0.1) is 21.5 Å². The van der Waals surface area contributed by atoms with E-state index in [4.69, 9.17) is 0 Å². The van der Waals surface area contributed by atoms with Crippen molar-refractivity contribution in [2.75, 3.05) is 0 Å². The van der Waals surface area contributed by atoms with Gasteiger partial charge in [0.2, 0.25) is 0 Å². The normalized spacial score (nSPS) is 14.0. The Morgan fingerprint density at radius 2 is 0.772 bits per heavy atom. The van der Waals surface area contributed by atoms with Crippen LogP contribution in [-0.4, -0.2) is 9.13 Å². The molecule has 8 aromatic heterocycles. The van der Waals surface area contributed by atoms with Crippen LogP contribution < -0.4 is 22.2 Å². The molecule has 4 unspecified atom stereocenters. The molecule has 0 fully saturated rings. The van der Waals surface area contributed by atoms with Gasteiger partial charge in [-0.1, -0.05) is 187 Å². The molecule has 0 saturated carbocycles. The summed E-state index contributed by atoms with van der Waals surface area (Å²) in [5.74, 6) is 1.64. The first kappa shape index (κ1) is 68.3. The number of rotatable bonds is 29. The molecule has 6 nitrogen and oxygen atoms in total. The Kier molecular flexibility index (Phi) is 21.3. The maximum Gasteiger partial charge on any atom is 0.262 e. The van der Waals surface area contributed by atoms with Gasteiger partial charge < -0.3 is 0 Å². The molecule has 3 aromatic carbocycles. The van der Waals surface area contributed by atoms with Crippen LogP contribution in [0.5, 0.6) is 0 Å². The molecule has 4 atom stereocenters. The van der Waals surface area contributed by atoms with E-state index in [1.165, 1.54) is 126 Å². The molecular formula is C80H98N2O4S6. The second-order valence-electron chi connectivity index (χ2n) is 28.8. The quantitative estimate of drug-likeness (QED) is 0.0468. The third kappa shape index (κ3) is 13.4. The summed E-state index contributed by atoms with van der Waals surface area (Å²) in [4.78, 5) is 74.0. The summed E-state index contributed by atoms with van der Waals surface area (Å²) in [6.45, 7) is 31.8. The summed E-state index contributed by atoms with van der Waals surface area (Å²) in [5, 5.41) is 5.30. The van der Waals surface area contributed by atoms with Crippen LogP contribution in [0.25, 0.3) is 103 Å². The van der Waals surface area contributed by atoms with E-state index in [0.717, 1.165) is 84.4 Å². The zero-order valence-electron chi connectivity index (χ0n) is 57.4. The maximum absolute atomic E-state index is 15.5. The third-order valence-electron chi connectivity index (χ3n) is 20.1. The first-order valence-corrected chi connectivity index (χ1v) is 39.9. The average Bonchev–Trinajstić information content (AvgIpc) is 1.53. The number of thiophene rings is 6. The monoisotopic (exact) mass is 1340 g/mol. The molecule has 11 aromatic rings. The minimum Gasteiger partial charge on any atom is -0.274 e. The van der Waals surface area contributed by atoms with E-state index >= 15 is 19.2 Å². The van der Waals surface area contributed by atoms with Crippen molar-refractivity contribution in [3.8, 4) is 50.8 Å². The average molecular weight is 1340 g/mol. The van der Waals surface area contributed by atoms with Crippen LogP contribution >= 0.6 is 68.0 Å². The Labute approximate surface area is 570 Å². The van der Waals surface area contributed by atoms with Gasteiger partial charge in [0, 0.05) is 98.7 Å². The van der Waals surface area contributed by atoms with E-state index in [0.29, 0.717) is 62.8 Å². The van der Waals surface area contributed by atoms with E-state index in [1.54, 1.807) is 11.3 Å². The van der Waals surface area contributed by atoms with Gasteiger partial charge in [-0.25, -0.2) is 0 Å². The van der Waals surface area contributed by atoms with Crippen molar-refractivity contribution in [1.82, 2.24) is 9.13 Å². The van der Waals surface area contributed by atoms with Crippen LogP contribution in [0.3, 0.4) is 0 Å². The van der Waals surface area contributed by atoms with Crippen molar-refractivity contribution >= 4 is 121 Å². The van der Waals surface area contributed by atoms with Crippen LogP contribution in [0.1, 0.15) is 220 Å². The molecule has 0 aliphatic rings. The smallest absolute Gasteiger partial charge is 0.262 e. The lowest BCUT2D eigenvalue weighted by Crippen LogP contribution is -2.29. The van der Waals surface area contributed by atoms with Crippen LogP contribution in [-0.2, 0) is 36.8 Å². The Morgan fingerprint density at radius 3 is 1.22 bits per heavy atom. The molecule has 8 heterocycles. The number of hydrogen-bond acceptors (Lipinski definition) is 10. The Morgan fingerprint density at radius 1 is 0.370 bits per heavy atom. The number of unbranched alkanes of at least 4 members (excludes halogenated alkanes) is 4. The SMILES string of the molecule is CCCCC(CC)Cc1ccc(-c2c3cc(-c4ccc(C(C)(C)C)s4)sc3c(-c3ccc(CC(CC)CCCC)s3)c3cc(-c4ccc(-c5cc6c(cc(C(C)(C)C)c7c(=O)n(CC(CC)CCCC)c(=O)c76)c6c(=O)n(CC(CC)CCCC)c(=O)c56)s4)sc23)s1. The second-order valence-corrected chi connectivity index (χ2v) is 35.4. The van der Waals surface area contributed by atoms with E-state index in [2.05, 4.69) is 158 Å². The molecule has 0 aliphatic carbocycles. The molecule has 0 aliphatic heterocycles. The molecule has 12 heteroatoms. The lowest BCUT2D eigenvalue weighted by molar-refractivity contribution is 0.384. The van der Waals surface area contributed by atoms with Crippen LogP contribution in [0, 0.1) is 23.7 Å². The fourth-order valence-electron chi connectivity index (χ4n) is 14.3. The fraction of sp³-hybridized carbons (Fsp3) is 0.500. The molecule has 0 radical (unpaired) electrons. The lowest BCUT2D eigenvalue weighted by atomic mass is 9.82. The molecule has 0 saturated heterocycles. The minimum atomic E-state index is -0.554. The highest BCUT2D eigenvalue weighted by molar-refractivity contribution is 7.29. The van der Waals surface area contributed by atoms with Gasteiger partial charge >= 0.3 is 0 Å². The summed E-state index contributed by atoms with van der Waals surface area (Å²) < 4.78 is 5.63. The Hall–Kier alpha value is -5.08. The first-order chi connectivity index (χ1) is 44.2. The molecule has 0 bridgehead atoms. The predicted octanol–water partition coefficient (Wildman–Crippen LogP) is 24.6. The van der Waals surface area contributed by atoms with Crippen molar-refractivity contribution in [3.63, 3.8) is 0 Å². The van der Waals surface area contributed by atoms with Crippen molar-refractivity contribution in [3.05, 3.63) is 134 Å². The van der Waals surface area contributed by atoms with Gasteiger partial charge in [0.15, 0.2) is 0 Å². The number of fused-ring (bicyclic) bond motifs is 7. The van der Waals surface area contributed by atoms with Crippen LogP contribution in [0.4, 0.5) is 0 Å². The van der Waals surface area contributed by atoms with Crippen molar-refractivity contribution < 1.29 is 0 Å². The molecule has 92 heavy (non-hydrogen) atoms. The van der Waals surface area contributed by atoms with E-state index < -0.39 is 5.41 Å². The molecular weight excluding hydrogens is 1250 g/mol. The maximum atomic E-state index is 15.5. The van der Waals surface area contributed by atoms with Crippen LogP contribution in [0.15, 0.2) is 92.0 Å². The van der Waals surface area contributed by atoms with Gasteiger partial charge in [-0.05, 0) is 149 Å². The summed E-state index contributed by atoms with van der Waals surface area (Å²) in [7, 11) is 0. The zero-order valence-corrected chi connectivity index (χ0v) is 62.3. The summed E-state index contributed by atoms with van der Waals surface area (Å²) in [6, 6.07) is 27.6. The first-order valence-electron chi connectivity index (χ1n) is 35.0. The summed E-state index contributed by atoms with van der Waals surface area (Å²) in [6.07, 6.45) is 19.7. The molecule has 488 valence electrons. The molecule has 0 N–H and O–H groups in total. The molecule has 0 amide bonds. The van der Waals surface area contributed by atoms with Gasteiger partial charge in [0.1, 0.15) is 0 Å². The van der Waals surface area contributed by atoms with Gasteiger partial charge in [-0.15, -0.1) is 68.0 Å². The van der Waals surface area contributed by atoms with Crippen molar-refractivity contribution in [2.24, 2.45) is 23.7 Å². The topological polar surface area (TPSA) is 78.1 Å². The van der Waals surface area contributed by atoms with Gasteiger partial charge in [-0.2, -0.15) is 0 Å². The van der Waals surface area contributed by atoms with E-state index in [1.807, 2.05) is 68.8 Å². The van der Waals surface area contributed by atoms with E-state index in [9.17, 15) is 0 Å². The number of benzene rings is 3. The number of hydrogen-bond donors (Lipinski definition) is 0. The standard InChI is InChI=1S/C80H98N2O4S6/c1-15-23-27-47(19-5)39-51-31-33-62(87-51)67-56-43-64(91-73(56)68(63-34-32-52(88-63)40-48(20-6)28-24-16-2)57-44-65(92-74(57)67)61-37-38-66(90-61)80(12,13)14)60-36-35-59(89-60)55-41-53-54(69-71(55)77(85)81(75(69)83)45-49(21-7)29-25-17-3)42-58(79(9,10)11)72-70(53)76(84)82(78(72)86)46-50(22-8)30-26-18-4/h31-38,41-44,47-50H,15-30,39-40,45-46H2,1-14H3. The third-order valence-corrected chi connectivity index (χ3v) is 27.7. The highest BCUT2D eigenvalue weighted by Crippen LogP contribution is 2.56. The largest absolute Gasteiger partial charge is 0.274 e. The molecule has 0 spiro atoms. The zero-order chi connectivity index (χ0) is 65.5. The Balaban J connectivity index is 1.16. The second kappa shape index (κ2) is 28.7. The predicted molar refractivity (Wildman–Crippen MR) is 410 cm³/mol. The van der Waals surface area contributed by atoms with Gasteiger partial charge in [0.25, 0.3) is 22.2 Å². The lowest BCUT2D eigenvalue weighted by Gasteiger charge is -2.21. The highest BCUT2D eigenvalue weighted by atomic mass is 32.1. The van der Waals surface area contributed by atoms with Crippen molar-refractivity contribution in [2.45, 2.75) is 236 Å². The Bertz CT molecular complexity index is 4520. The molecule has 11 rings (SSSR count). The number of nitrogens with zero attached hydrogens (tertiary/aromatic N) is 2. The summed E-state index contributed by atoms with van der Waals surface area (Å²) in [5.41, 5.74) is 2.36. The highest BCUT2D eigenvalue weighted by Gasteiger charge is 2.32. The van der Waals surface area contributed by atoms with Gasteiger partial charge in [-0.3, -0.25) is 28.3 Å². The summed E-state index contributed by atoms with van der Waals surface area (Å²) >= 11 is 11.4. The minimum absolute atomic E-state index is 0.0511. The van der Waals surface area contributed by atoms with Crippen LogP contribution in [0.2, 0.25) is 0 Å². The fourth-order valence-corrected chi connectivity index (χ4v) is 21.5. The van der Waals surface area contributed by atoms with E-state index in [-0.39, 0.29) is 39.5 Å². The van der Waals surface area contributed by atoms with Crippen molar-refractivity contribution in [1.29, 1.82) is 0 Å².